The van der Waals surface area contributed by atoms with Crippen LogP contribution in [0.2, 0.25) is 0 Å². The van der Waals surface area contributed by atoms with E-state index in [0.29, 0.717) is 42.1 Å². The molecular weight excluding hydrogens is 426 g/mol. The first kappa shape index (κ1) is 21.8. The third-order valence-corrected chi connectivity index (χ3v) is 9.00. The molecule has 1 aliphatic carbocycles. The van der Waals surface area contributed by atoms with Crippen molar-refractivity contribution in [1.82, 2.24) is 25.0 Å². The minimum atomic E-state index is -3.04. The number of nitrogens with zero attached hydrogens (tertiary/aromatic N) is 4. The van der Waals surface area contributed by atoms with Crippen molar-refractivity contribution < 1.29 is 13.2 Å². The van der Waals surface area contributed by atoms with Crippen LogP contribution in [0.25, 0.3) is 11.0 Å². The zero-order valence-electron chi connectivity index (χ0n) is 19.2. The van der Waals surface area contributed by atoms with Gasteiger partial charge in [-0.15, -0.1) is 0 Å². The zero-order chi connectivity index (χ0) is 22.6. The Hall–Kier alpha value is -2.00. The lowest BCUT2D eigenvalue weighted by atomic mass is 10.1. The fraction of sp³-hybridized carbons (Fsp3) is 0.696. The highest BCUT2D eigenvalue weighted by molar-refractivity contribution is 7.91. The first-order chi connectivity index (χ1) is 15.2. The van der Waals surface area contributed by atoms with E-state index in [-0.39, 0.29) is 23.5 Å². The summed E-state index contributed by atoms with van der Waals surface area (Å²) >= 11 is 0. The summed E-state index contributed by atoms with van der Waals surface area (Å²) in [5.74, 6) is 1.05. The van der Waals surface area contributed by atoms with Gasteiger partial charge in [-0.2, -0.15) is 5.10 Å². The Kier molecular flexibility index (Phi) is 5.52. The van der Waals surface area contributed by atoms with E-state index in [1.54, 1.807) is 4.68 Å². The van der Waals surface area contributed by atoms with Crippen molar-refractivity contribution >= 4 is 26.8 Å². The third kappa shape index (κ3) is 4.17. The second kappa shape index (κ2) is 8.09. The van der Waals surface area contributed by atoms with E-state index < -0.39 is 9.84 Å². The Morgan fingerprint density at radius 1 is 1.25 bits per heavy atom. The second-order valence-corrected chi connectivity index (χ2v) is 12.3. The Morgan fingerprint density at radius 3 is 2.66 bits per heavy atom. The van der Waals surface area contributed by atoms with Gasteiger partial charge in [-0.05, 0) is 65.0 Å². The zero-order valence-corrected chi connectivity index (χ0v) is 20.0. The number of rotatable bonds is 6. The average Bonchev–Trinajstić information content (AvgIpc) is 3.23. The molecule has 2 atom stereocenters. The highest BCUT2D eigenvalue weighted by atomic mass is 32.2. The molecule has 0 spiro atoms. The van der Waals surface area contributed by atoms with Gasteiger partial charge in [0.2, 0.25) is 0 Å². The Labute approximate surface area is 189 Å². The number of aryl methyl sites for hydroxylation is 1. The number of amides is 1. The topological polar surface area (TPSA) is 97.2 Å². The molecule has 2 aromatic rings. The van der Waals surface area contributed by atoms with Gasteiger partial charge in [0.25, 0.3) is 5.91 Å². The summed E-state index contributed by atoms with van der Waals surface area (Å²) in [6, 6.07) is 2.26. The Balaban J connectivity index is 1.44. The molecule has 32 heavy (non-hydrogen) atoms. The summed E-state index contributed by atoms with van der Waals surface area (Å²) in [5, 5.41) is 8.60. The van der Waals surface area contributed by atoms with Crippen LogP contribution in [-0.4, -0.2) is 71.2 Å². The SMILES string of the molecule is Cc1nn([C@@H]2CCS(=O)(=O)C2)c2nc(C3CC3)cc(C(=O)NC[C@H]3CCN(C(C)C)C3)c12. The number of likely N-dealkylation sites (tertiary alicyclic amines) is 1. The van der Waals surface area contributed by atoms with Gasteiger partial charge in [0.15, 0.2) is 15.5 Å². The summed E-state index contributed by atoms with van der Waals surface area (Å²) in [5.41, 5.74) is 2.94. The Bertz CT molecular complexity index is 1150. The van der Waals surface area contributed by atoms with E-state index in [2.05, 4.69) is 29.2 Å². The maximum absolute atomic E-state index is 13.3. The van der Waals surface area contributed by atoms with Crippen LogP contribution in [0.3, 0.4) is 0 Å². The quantitative estimate of drug-likeness (QED) is 0.713. The molecule has 5 rings (SSSR count). The van der Waals surface area contributed by atoms with Crippen LogP contribution in [0, 0.1) is 12.8 Å². The lowest BCUT2D eigenvalue weighted by Gasteiger charge is -2.20. The van der Waals surface area contributed by atoms with Gasteiger partial charge in [0.1, 0.15) is 0 Å². The molecule has 4 heterocycles. The summed E-state index contributed by atoms with van der Waals surface area (Å²) in [6.07, 6.45) is 3.81. The van der Waals surface area contributed by atoms with Crippen LogP contribution in [-0.2, 0) is 9.84 Å². The monoisotopic (exact) mass is 459 g/mol. The van der Waals surface area contributed by atoms with E-state index in [4.69, 9.17) is 4.98 Å². The van der Waals surface area contributed by atoms with E-state index in [1.807, 2.05) is 13.0 Å². The van der Waals surface area contributed by atoms with E-state index in [0.717, 1.165) is 49.1 Å². The van der Waals surface area contributed by atoms with Crippen LogP contribution in [0.4, 0.5) is 0 Å². The van der Waals surface area contributed by atoms with Gasteiger partial charge in [0, 0.05) is 30.7 Å². The molecule has 2 aromatic heterocycles. The fourth-order valence-electron chi connectivity index (χ4n) is 5.15. The van der Waals surface area contributed by atoms with Crippen LogP contribution in [0.1, 0.15) is 73.2 Å². The first-order valence-corrected chi connectivity index (χ1v) is 13.7. The van der Waals surface area contributed by atoms with Gasteiger partial charge >= 0.3 is 0 Å². The summed E-state index contributed by atoms with van der Waals surface area (Å²) in [7, 11) is -3.04. The molecule has 3 fully saturated rings. The number of fused-ring (bicyclic) bond motifs is 1. The minimum Gasteiger partial charge on any atom is -0.352 e. The molecule has 8 nitrogen and oxygen atoms in total. The van der Waals surface area contributed by atoms with Crippen molar-refractivity contribution in [2.75, 3.05) is 31.1 Å². The lowest BCUT2D eigenvalue weighted by molar-refractivity contribution is 0.0948. The molecule has 0 aromatic carbocycles. The van der Waals surface area contributed by atoms with Crippen LogP contribution >= 0.6 is 0 Å². The van der Waals surface area contributed by atoms with E-state index in [1.165, 1.54) is 0 Å². The van der Waals surface area contributed by atoms with Crippen molar-refractivity contribution in [2.45, 2.75) is 64.5 Å². The number of sulfone groups is 1. The smallest absolute Gasteiger partial charge is 0.252 e. The average molecular weight is 460 g/mol. The van der Waals surface area contributed by atoms with Gasteiger partial charge in [0.05, 0.1) is 34.2 Å². The molecule has 2 aliphatic heterocycles. The molecule has 9 heteroatoms. The minimum absolute atomic E-state index is 0.0796. The maximum atomic E-state index is 13.3. The molecule has 174 valence electrons. The molecule has 0 unspecified atom stereocenters. The van der Waals surface area contributed by atoms with Crippen molar-refractivity contribution in [3.8, 4) is 0 Å². The number of nitrogens with one attached hydrogen (secondary N) is 1. The number of aromatic nitrogens is 3. The molecule has 1 saturated carbocycles. The lowest BCUT2D eigenvalue weighted by Crippen LogP contribution is -2.33. The van der Waals surface area contributed by atoms with Crippen molar-refractivity contribution in [3.05, 3.63) is 23.0 Å². The number of pyridine rings is 1. The van der Waals surface area contributed by atoms with Crippen molar-refractivity contribution in [3.63, 3.8) is 0 Å². The van der Waals surface area contributed by atoms with Gasteiger partial charge in [-0.3, -0.25) is 4.79 Å². The number of carbonyl (C=O) groups excluding carboxylic acids is 1. The molecule has 2 saturated heterocycles. The predicted octanol–water partition coefficient (Wildman–Crippen LogP) is 2.44. The highest BCUT2D eigenvalue weighted by Crippen LogP contribution is 2.41. The number of hydrogen-bond acceptors (Lipinski definition) is 6. The van der Waals surface area contributed by atoms with Gasteiger partial charge in [-0.1, -0.05) is 0 Å². The fourth-order valence-corrected chi connectivity index (χ4v) is 6.85. The van der Waals surface area contributed by atoms with Crippen molar-refractivity contribution in [2.24, 2.45) is 5.92 Å². The van der Waals surface area contributed by atoms with Crippen LogP contribution in [0.5, 0.6) is 0 Å². The normalized spacial score (nSPS) is 25.8. The van der Waals surface area contributed by atoms with Gasteiger partial charge in [-0.25, -0.2) is 18.1 Å². The molecule has 0 bridgehead atoms. The predicted molar refractivity (Wildman–Crippen MR) is 124 cm³/mol. The Morgan fingerprint density at radius 2 is 2.03 bits per heavy atom. The molecule has 3 aliphatic rings. The van der Waals surface area contributed by atoms with E-state index >= 15 is 0 Å². The first-order valence-electron chi connectivity index (χ1n) is 11.8. The van der Waals surface area contributed by atoms with Crippen LogP contribution in [0.15, 0.2) is 6.07 Å². The standard InChI is InChI=1S/C23H33N5O3S/c1-14(2)27-8-6-16(12-27)11-24-23(29)19-10-20(17-4-5-17)25-22-21(19)15(3)26-28(22)18-7-9-32(30,31)13-18/h10,14,16-18H,4-9,11-13H2,1-3H3,(H,24,29)/t16-,18-/m1/s1. The largest absolute Gasteiger partial charge is 0.352 e. The van der Waals surface area contributed by atoms with E-state index in [9.17, 15) is 13.2 Å². The molecular formula is C23H33N5O3S. The molecule has 1 N–H and O–H groups in total. The second-order valence-electron chi connectivity index (χ2n) is 10.1. The molecule has 0 radical (unpaired) electrons. The summed E-state index contributed by atoms with van der Waals surface area (Å²) < 4.78 is 25.9. The maximum Gasteiger partial charge on any atom is 0.252 e. The summed E-state index contributed by atoms with van der Waals surface area (Å²) in [6.45, 7) is 9.08. The summed E-state index contributed by atoms with van der Waals surface area (Å²) in [4.78, 5) is 20.7. The number of carbonyl (C=O) groups is 1. The molecule has 1 amide bonds. The number of hydrogen-bond donors (Lipinski definition) is 1. The highest BCUT2D eigenvalue weighted by Gasteiger charge is 2.34. The van der Waals surface area contributed by atoms with Crippen molar-refractivity contribution in [1.29, 1.82) is 0 Å². The third-order valence-electron chi connectivity index (χ3n) is 7.25. The van der Waals surface area contributed by atoms with Crippen LogP contribution < -0.4 is 5.32 Å². The van der Waals surface area contributed by atoms with Gasteiger partial charge < -0.3 is 10.2 Å².